The van der Waals surface area contributed by atoms with Crippen LogP contribution < -0.4 is 0 Å². The van der Waals surface area contributed by atoms with Crippen molar-refractivity contribution in [1.29, 1.82) is 0 Å². The molecular formula is C20H26N2O6S. The van der Waals surface area contributed by atoms with Gasteiger partial charge in [-0.15, -0.1) is 0 Å². The maximum Gasteiger partial charge on any atom is 0.338 e. The van der Waals surface area contributed by atoms with E-state index in [0.29, 0.717) is 29.5 Å². The van der Waals surface area contributed by atoms with Gasteiger partial charge in [-0.25, -0.2) is 4.79 Å². The van der Waals surface area contributed by atoms with E-state index in [-0.39, 0.29) is 6.61 Å². The second-order valence-electron chi connectivity index (χ2n) is 6.92. The molecule has 29 heavy (non-hydrogen) atoms. The molecule has 8 nitrogen and oxygen atoms in total. The van der Waals surface area contributed by atoms with Crippen LogP contribution in [0.5, 0.6) is 0 Å². The number of rotatable bonds is 7. The number of methoxy groups -OCH3 is 1. The third-order valence-corrected chi connectivity index (χ3v) is 6.13. The van der Waals surface area contributed by atoms with E-state index in [1.807, 2.05) is 11.9 Å². The standard InChI is InChI=1S/C20H26N2O6S/c1-12(26-3)9-10-22(2)20-21-15-17(24)16(23)14(28-19(15)29-20)11-27-18(25)13-7-5-4-6-8-13/h4-8,14-17,19,23-24H,1,9-11H2,2-3H3/t14-,15-,16-,17-,19-/m1/s1. The predicted octanol–water partition coefficient (Wildman–Crippen LogP) is 1.24. The topological polar surface area (TPSA) is 101 Å². The molecule has 0 spiro atoms. The Bertz CT molecular complexity index is 759. The quantitative estimate of drug-likeness (QED) is 0.500. The zero-order valence-electron chi connectivity index (χ0n) is 16.4. The van der Waals surface area contributed by atoms with Gasteiger partial charge >= 0.3 is 5.97 Å². The minimum atomic E-state index is -1.21. The monoisotopic (exact) mass is 422 g/mol. The first-order valence-corrected chi connectivity index (χ1v) is 10.2. The number of ether oxygens (including phenoxy) is 3. The van der Waals surface area contributed by atoms with Crippen molar-refractivity contribution in [2.75, 3.05) is 27.3 Å². The van der Waals surface area contributed by atoms with Gasteiger partial charge in [0.05, 0.1) is 18.4 Å². The summed E-state index contributed by atoms with van der Waals surface area (Å²) in [5.41, 5.74) is -0.0479. The average molecular weight is 423 g/mol. The Hall–Kier alpha value is -2.07. The Labute approximate surface area is 174 Å². The molecule has 0 radical (unpaired) electrons. The number of hydrogen-bond acceptors (Lipinski definition) is 9. The van der Waals surface area contributed by atoms with Crippen LogP contribution in [0.4, 0.5) is 0 Å². The van der Waals surface area contributed by atoms with Crippen LogP contribution in [-0.2, 0) is 14.2 Å². The Morgan fingerprint density at radius 1 is 1.31 bits per heavy atom. The van der Waals surface area contributed by atoms with Crippen molar-refractivity contribution in [3.05, 3.63) is 48.2 Å². The molecule has 9 heteroatoms. The zero-order valence-corrected chi connectivity index (χ0v) is 17.2. The lowest BCUT2D eigenvalue weighted by Gasteiger charge is -2.37. The number of carbonyl (C=O) groups excluding carboxylic acids is 1. The predicted molar refractivity (Wildman–Crippen MR) is 110 cm³/mol. The summed E-state index contributed by atoms with van der Waals surface area (Å²) in [7, 11) is 3.46. The van der Waals surface area contributed by atoms with E-state index in [0.717, 1.165) is 0 Å². The summed E-state index contributed by atoms with van der Waals surface area (Å²) in [6, 6.07) is 7.99. The second-order valence-corrected chi connectivity index (χ2v) is 7.99. The maximum atomic E-state index is 12.1. The number of fused-ring (bicyclic) bond motifs is 1. The smallest absolute Gasteiger partial charge is 0.338 e. The van der Waals surface area contributed by atoms with Crippen molar-refractivity contribution < 1.29 is 29.2 Å². The largest absolute Gasteiger partial charge is 0.502 e. The lowest BCUT2D eigenvalue weighted by molar-refractivity contribution is -0.164. The number of aliphatic hydroxyl groups is 2. The number of esters is 1. The Morgan fingerprint density at radius 3 is 2.72 bits per heavy atom. The molecule has 0 aromatic heterocycles. The van der Waals surface area contributed by atoms with Crippen molar-refractivity contribution in [2.45, 2.75) is 36.2 Å². The number of carbonyl (C=O) groups is 1. The fourth-order valence-corrected chi connectivity index (χ4v) is 4.27. The highest BCUT2D eigenvalue weighted by atomic mass is 32.2. The van der Waals surface area contributed by atoms with Gasteiger partial charge in [-0.05, 0) is 12.1 Å². The van der Waals surface area contributed by atoms with Crippen LogP contribution >= 0.6 is 11.8 Å². The third kappa shape index (κ3) is 5.11. The Morgan fingerprint density at radius 2 is 2.03 bits per heavy atom. The lowest BCUT2D eigenvalue weighted by atomic mass is 9.99. The number of hydrogen-bond donors (Lipinski definition) is 2. The normalized spacial score (nSPS) is 28.3. The fraction of sp³-hybridized carbons (Fsp3) is 0.500. The van der Waals surface area contributed by atoms with Crippen molar-refractivity contribution in [2.24, 2.45) is 4.99 Å². The third-order valence-electron chi connectivity index (χ3n) is 4.88. The average Bonchev–Trinajstić information content (AvgIpc) is 3.18. The van der Waals surface area contributed by atoms with E-state index in [4.69, 9.17) is 14.2 Å². The number of amidine groups is 1. The van der Waals surface area contributed by atoms with Crippen LogP contribution in [0.2, 0.25) is 0 Å². The van der Waals surface area contributed by atoms with Gasteiger partial charge < -0.3 is 29.3 Å². The first-order valence-electron chi connectivity index (χ1n) is 9.32. The van der Waals surface area contributed by atoms with E-state index < -0.39 is 35.8 Å². The van der Waals surface area contributed by atoms with E-state index >= 15 is 0 Å². The van der Waals surface area contributed by atoms with Gasteiger partial charge in [0.25, 0.3) is 0 Å². The zero-order chi connectivity index (χ0) is 21.0. The molecule has 1 aromatic rings. The van der Waals surface area contributed by atoms with Crippen LogP contribution in [0.15, 0.2) is 47.7 Å². The molecule has 5 atom stereocenters. The summed E-state index contributed by atoms with van der Waals surface area (Å²) in [5, 5.41) is 21.6. The molecular weight excluding hydrogens is 396 g/mol. The number of aliphatic imine (C=N–C) groups is 1. The van der Waals surface area contributed by atoms with Gasteiger partial charge in [-0.1, -0.05) is 36.5 Å². The van der Waals surface area contributed by atoms with Crippen LogP contribution in [-0.4, -0.2) is 83.3 Å². The first-order chi connectivity index (χ1) is 13.9. The molecule has 0 unspecified atom stereocenters. The molecule has 2 N–H and O–H groups in total. The SMILES string of the molecule is C=C(CCN(C)C1=N[C@@H]2[C@@H](O)[C@H](O)[C@@H](COC(=O)c3ccccc3)O[C@@H]2S1)OC. The highest BCUT2D eigenvalue weighted by Gasteiger charge is 2.49. The summed E-state index contributed by atoms with van der Waals surface area (Å²) in [6.45, 7) is 4.29. The van der Waals surface area contributed by atoms with Crippen molar-refractivity contribution >= 4 is 22.9 Å². The van der Waals surface area contributed by atoms with Crippen LogP contribution in [0.25, 0.3) is 0 Å². The molecule has 0 saturated carbocycles. The second kappa shape index (κ2) is 9.62. The summed E-state index contributed by atoms with van der Waals surface area (Å²) in [5.74, 6) is 0.164. The Kier molecular flexibility index (Phi) is 7.18. The van der Waals surface area contributed by atoms with Gasteiger partial charge in [0, 0.05) is 20.0 Å². The van der Waals surface area contributed by atoms with Crippen molar-refractivity contribution in [1.82, 2.24) is 4.90 Å². The molecule has 0 amide bonds. The minimum Gasteiger partial charge on any atom is -0.502 e. The van der Waals surface area contributed by atoms with Crippen LogP contribution in [0.3, 0.4) is 0 Å². The van der Waals surface area contributed by atoms with Crippen LogP contribution in [0, 0.1) is 0 Å². The number of thioether (sulfide) groups is 1. The molecule has 1 aromatic carbocycles. The Balaban J connectivity index is 1.56. The van der Waals surface area contributed by atoms with E-state index in [2.05, 4.69) is 11.6 Å². The molecule has 0 bridgehead atoms. The van der Waals surface area contributed by atoms with Crippen molar-refractivity contribution in [3.63, 3.8) is 0 Å². The van der Waals surface area contributed by atoms with E-state index in [1.54, 1.807) is 37.4 Å². The van der Waals surface area contributed by atoms with Crippen LogP contribution in [0.1, 0.15) is 16.8 Å². The van der Waals surface area contributed by atoms with Crippen molar-refractivity contribution in [3.8, 4) is 0 Å². The molecule has 2 heterocycles. The summed E-state index contributed by atoms with van der Waals surface area (Å²) in [6.07, 6.45) is -2.51. The van der Waals surface area contributed by atoms with Gasteiger partial charge in [-0.2, -0.15) is 0 Å². The summed E-state index contributed by atoms with van der Waals surface area (Å²) >= 11 is 1.37. The number of aliphatic hydroxyl groups excluding tert-OH is 2. The maximum absolute atomic E-state index is 12.1. The fourth-order valence-electron chi connectivity index (χ4n) is 3.04. The van der Waals surface area contributed by atoms with Gasteiger partial charge in [0.2, 0.25) is 0 Å². The molecule has 0 aliphatic carbocycles. The minimum absolute atomic E-state index is 0.158. The highest BCUT2D eigenvalue weighted by molar-refractivity contribution is 8.14. The number of benzene rings is 1. The number of nitrogens with zero attached hydrogens (tertiary/aromatic N) is 2. The van der Waals surface area contributed by atoms with Gasteiger partial charge in [0.15, 0.2) is 5.17 Å². The van der Waals surface area contributed by atoms with E-state index in [9.17, 15) is 15.0 Å². The summed E-state index contributed by atoms with van der Waals surface area (Å²) < 4.78 is 16.2. The summed E-state index contributed by atoms with van der Waals surface area (Å²) in [4.78, 5) is 18.6. The molecule has 158 valence electrons. The van der Waals surface area contributed by atoms with E-state index in [1.165, 1.54) is 11.8 Å². The molecule has 1 saturated heterocycles. The molecule has 3 rings (SSSR count). The highest BCUT2D eigenvalue weighted by Crippen LogP contribution is 2.37. The van der Waals surface area contributed by atoms with Gasteiger partial charge in [-0.3, -0.25) is 4.99 Å². The lowest BCUT2D eigenvalue weighted by Crippen LogP contribution is -2.56. The van der Waals surface area contributed by atoms with Gasteiger partial charge in [0.1, 0.15) is 36.4 Å². The molecule has 1 fully saturated rings. The molecule has 2 aliphatic heterocycles. The first kappa shape index (κ1) is 21.6. The molecule has 2 aliphatic rings.